The largest absolute Gasteiger partial charge is 0.497 e. The quantitative estimate of drug-likeness (QED) is 0.621. The Bertz CT molecular complexity index is 958. The molecule has 30 heavy (non-hydrogen) atoms. The van der Waals surface area contributed by atoms with E-state index in [-0.39, 0.29) is 11.9 Å². The lowest BCUT2D eigenvalue weighted by Gasteiger charge is -2.37. The number of anilines is 1. The zero-order valence-corrected chi connectivity index (χ0v) is 17.7. The van der Waals surface area contributed by atoms with Crippen molar-refractivity contribution in [1.82, 2.24) is 9.47 Å². The zero-order valence-electron chi connectivity index (χ0n) is 17.7. The third-order valence-electron chi connectivity index (χ3n) is 5.87. The van der Waals surface area contributed by atoms with Crippen LogP contribution in [0.1, 0.15) is 23.6 Å². The van der Waals surface area contributed by atoms with Gasteiger partial charge in [-0.3, -0.25) is 4.79 Å². The monoisotopic (exact) mass is 403 g/mol. The Hall–Kier alpha value is -3.21. The van der Waals surface area contributed by atoms with Crippen molar-refractivity contribution in [2.24, 2.45) is 0 Å². The van der Waals surface area contributed by atoms with E-state index in [0.717, 1.165) is 37.6 Å². The molecule has 2 aromatic carbocycles. The lowest BCUT2D eigenvalue weighted by molar-refractivity contribution is -0.132. The molecule has 0 bridgehead atoms. The van der Waals surface area contributed by atoms with E-state index in [4.69, 9.17) is 4.74 Å². The molecule has 0 N–H and O–H groups in total. The molecule has 1 aliphatic heterocycles. The lowest BCUT2D eigenvalue weighted by atomic mass is 10.0. The van der Waals surface area contributed by atoms with E-state index in [9.17, 15) is 4.79 Å². The van der Waals surface area contributed by atoms with Gasteiger partial charge in [0.1, 0.15) is 5.75 Å². The Morgan fingerprint density at radius 3 is 2.33 bits per heavy atom. The molecular formula is C25H29N3O2. The summed E-state index contributed by atoms with van der Waals surface area (Å²) >= 11 is 0. The SMILES string of the molecule is COc1cccc(N2CCN(C(=O)C[C@H](c3ccc(C)cc3)n3cccc3)CC2)c1. The van der Waals surface area contributed by atoms with Crippen LogP contribution in [0.2, 0.25) is 0 Å². The van der Waals surface area contributed by atoms with E-state index >= 15 is 0 Å². The number of ether oxygens (including phenoxy) is 1. The average molecular weight is 404 g/mol. The number of aromatic nitrogens is 1. The molecule has 0 unspecified atom stereocenters. The minimum atomic E-state index is 0.0181. The molecule has 0 aliphatic carbocycles. The number of carbonyl (C=O) groups is 1. The number of piperazine rings is 1. The third kappa shape index (κ3) is 4.51. The molecule has 5 heteroatoms. The lowest BCUT2D eigenvalue weighted by Crippen LogP contribution is -2.49. The van der Waals surface area contributed by atoms with Gasteiger partial charge in [0.2, 0.25) is 5.91 Å². The Morgan fingerprint density at radius 1 is 0.967 bits per heavy atom. The molecule has 1 atom stereocenters. The van der Waals surface area contributed by atoms with E-state index in [1.165, 1.54) is 11.1 Å². The van der Waals surface area contributed by atoms with Gasteiger partial charge < -0.3 is 19.1 Å². The van der Waals surface area contributed by atoms with Crippen molar-refractivity contribution < 1.29 is 9.53 Å². The summed E-state index contributed by atoms with van der Waals surface area (Å²) in [6.45, 7) is 5.22. The van der Waals surface area contributed by atoms with Crippen LogP contribution in [-0.2, 0) is 4.79 Å². The fourth-order valence-electron chi connectivity index (χ4n) is 4.06. The van der Waals surface area contributed by atoms with Gasteiger partial charge in [0.15, 0.2) is 0 Å². The highest BCUT2D eigenvalue weighted by molar-refractivity contribution is 5.77. The standard InChI is InChI=1S/C25H29N3O2/c1-20-8-10-21(11-9-20)24(27-12-3-4-13-27)19-25(29)28-16-14-26(15-17-28)22-6-5-7-23(18-22)30-2/h3-13,18,24H,14-17,19H2,1-2H3/t24-/m1/s1. The molecule has 0 radical (unpaired) electrons. The van der Waals surface area contributed by atoms with Crippen molar-refractivity contribution in [2.75, 3.05) is 38.2 Å². The van der Waals surface area contributed by atoms with Gasteiger partial charge in [-0.15, -0.1) is 0 Å². The van der Waals surface area contributed by atoms with Crippen LogP contribution in [0.3, 0.4) is 0 Å². The molecule has 1 amide bonds. The Kier molecular flexibility index (Phi) is 6.07. The molecular weight excluding hydrogens is 374 g/mol. The second-order valence-corrected chi connectivity index (χ2v) is 7.83. The highest BCUT2D eigenvalue weighted by Crippen LogP contribution is 2.26. The molecule has 0 saturated carbocycles. The van der Waals surface area contributed by atoms with E-state index in [1.807, 2.05) is 41.6 Å². The molecule has 4 rings (SSSR count). The van der Waals surface area contributed by atoms with Crippen molar-refractivity contribution in [3.63, 3.8) is 0 Å². The average Bonchev–Trinajstić information content (AvgIpc) is 3.33. The molecule has 1 aliphatic rings. The van der Waals surface area contributed by atoms with Gasteiger partial charge in [-0.25, -0.2) is 0 Å². The first-order valence-corrected chi connectivity index (χ1v) is 10.5. The fraction of sp³-hybridized carbons (Fsp3) is 0.320. The first-order chi connectivity index (χ1) is 14.6. The summed E-state index contributed by atoms with van der Waals surface area (Å²) < 4.78 is 7.47. The molecule has 1 fully saturated rings. The summed E-state index contributed by atoms with van der Waals surface area (Å²) in [5.41, 5.74) is 3.54. The Balaban J connectivity index is 1.42. The van der Waals surface area contributed by atoms with Crippen molar-refractivity contribution in [3.8, 4) is 5.75 Å². The first-order valence-electron chi connectivity index (χ1n) is 10.5. The molecule has 2 heterocycles. The van der Waals surface area contributed by atoms with E-state index in [2.05, 4.69) is 52.8 Å². The zero-order chi connectivity index (χ0) is 20.9. The molecule has 0 spiro atoms. The molecule has 1 saturated heterocycles. The van der Waals surface area contributed by atoms with Crippen LogP contribution in [0, 0.1) is 6.92 Å². The third-order valence-corrected chi connectivity index (χ3v) is 5.87. The van der Waals surface area contributed by atoms with Crippen molar-refractivity contribution >= 4 is 11.6 Å². The summed E-state index contributed by atoms with van der Waals surface area (Å²) in [6, 6.07) is 20.6. The van der Waals surface area contributed by atoms with Gasteiger partial charge in [0.05, 0.1) is 19.6 Å². The van der Waals surface area contributed by atoms with Gasteiger partial charge in [0, 0.05) is 50.3 Å². The summed E-state index contributed by atoms with van der Waals surface area (Å²) in [6.07, 6.45) is 4.55. The predicted octanol–water partition coefficient (Wildman–Crippen LogP) is 4.13. The molecule has 1 aromatic heterocycles. The highest BCUT2D eigenvalue weighted by Gasteiger charge is 2.25. The van der Waals surface area contributed by atoms with Crippen molar-refractivity contribution in [1.29, 1.82) is 0 Å². The van der Waals surface area contributed by atoms with Crippen LogP contribution in [0.4, 0.5) is 5.69 Å². The van der Waals surface area contributed by atoms with Gasteiger partial charge >= 0.3 is 0 Å². The number of nitrogens with zero attached hydrogens (tertiary/aromatic N) is 3. The maximum atomic E-state index is 13.2. The van der Waals surface area contributed by atoms with Crippen LogP contribution >= 0.6 is 0 Å². The van der Waals surface area contributed by atoms with Crippen LogP contribution in [0.5, 0.6) is 5.75 Å². The molecule has 5 nitrogen and oxygen atoms in total. The first kappa shape index (κ1) is 20.1. The molecule has 156 valence electrons. The smallest absolute Gasteiger partial charge is 0.225 e. The van der Waals surface area contributed by atoms with Gasteiger partial charge in [-0.2, -0.15) is 0 Å². The predicted molar refractivity (Wildman–Crippen MR) is 120 cm³/mol. The number of hydrogen-bond acceptors (Lipinski definition) is 3. The summed E-state index contributed by atoms with van der Waals surface area (Å²) in [5, 5.41) is 0. The summed E-state index contributed by atoms with van der Waals surface area (Å²) in [4.78, 5) is 17.5. The number of carbonyl (C=O) groups excluding carboxylic acids is 1. The van der Waals surface area contributed by atoms with E-state index < -0.39 is 0 Å². The number of methoxy groups -OCH3 is 1. The highest BCUT2D eigenvalue weighted by atomic mass is 16.5. The topological polar surface area (TPSA) is 37.7 Å². The fourth-order valence-corrected chi connectivity index (χ4v) is 4.06. The number of aryl methyl sites for hydroxylation is 1. The number of rotatable bonds is 6. The second-order valence-electron chi connectivity index (χ2n) is 7.83. The second kappa shape index (κ2) is 9.08. The van der Waals surface area contributed by atoms with E-state index in [0.29, 0.717) is 6.42 Å². The van der Waals surface area contributed by atoms with Gasteiger partial charge in [-0.05, 0) is 36.8 Å². The maximum Gasteiger partial charge on any atom is 0.225 e. The number of hydrogen-bond donors (Lipinski definition) is 0. The Labute approximate surface area is 178 Å². The Morgan fingerprint density at radius 2 is 1.67 bits per heavy atom. The van der Waals surface area contributed by atoms with Crippen LogP contribution < -0.4 is 9.64 Å². The van der Waals surface area contributed by atoms with Crippen LogP contribution in [0.25, 0.3) is 0 Å². The van der Waals surface area contributed by atoms with Crippen molar-refractivity contribution in [2.45, 2.75) is 19.4 Å². The van der Waals surface area contributed by atoms with Gasteiger partial charge in [-0.1, -0.05) is 35.9 Å². The minimum absolute atomic E-state index is 0.0181. The number of amides is 1. The normalized spacial score (nSPS) is 15.1. The number of benzene rings is 2. The summed E-state index contributed by atoms with van der Waals surface area (Å²) in [7, 11) is 1.69. The van der Waals surface area contributed by atoms with Gasteiger partial charge in [0.25, 0.3) is 0 Å². The van der Waals surface area contributed by atoms with E-state index in [1.54, 1.807) is 7.11 Å². The minimum Gasteiger partial charge on any atom is -0.497 e. The summed E-state index contributed by atoms with van der Waals surface area (Å²) in [5.74, 6) is 1.07. The maximum absolute atomic E-state index is 13.2. The van der Waals surface area contributed by atoms with Crippen LogP contribution in [-0.4, -0.2) is 48.7 Å². The molecule has 3 aromatic rings. The van der Waals surface area contributed by atoms with Crippen molar-refractivity contribution in [3.05, 3.63) is 84.2 Å². The van der Waals surface area contributed by atoms with Crippen LogP contribution in [0.15, 0.2) is 73.1 Å².